The third kappa shape index (κ3) is 2.56. The molecule has 7 atom stereocenters. The van der Waals surface area contributed by atoms with E-state index >= 15 is 0 Å². The summed E-state index contributed by atoms with van der Waals surface area (Å²) in [5, 5.41) is 20.6. The van der Waals surface area contributed by atoms with Crippen LogP contribution in [0.3, 0.4) is 0 Å². The average molecular weight is 346 g/mol. The number of aliphatic hydroxyl groups excluding tert-OH is 2. The topological polar surface area (TPSA) is 93.1 Å². The Morgan fingerprint density at radius 1 is 1.20 bits per heavy atom. The highest BCUT2D eigenvalue weighted by Crippen LogP contribution is 2.52. The van der Waals surface area contributed by atoms with Crippen molar-refractivity contribution >= 4 is 11.9 Å². The zero-order chi connectivity index (χ0) is 18.6. The molecule has 0 aromatic heterocycles. The van der Waals surface area contributed by atoms with E-state index in [-0.39, 0.29) is 17.6 Å². The molecule has 0 bridgehead atoms. The Morgan fingerprint density at radius 2 is 1.84 bits per heavy atom. The summed E-state index contributed by atoms with van der Waals surface area (Å²) in [4.78, 5) is 24.1. The summed E-state index contributed by atoms with van der Waals surface area (Å²) in [7, 11) is 0. The predicted octanol–water partition coefficient (Wildman–Crippen LogP) is 1.06. The molecule has 2 saturated carbocycles. The first-order valence-electron chi connectivity index (χ1n) is 8.14. The van der Waals surface area contributed by atoms with Crippen LogP contribution in [0, 0.1) is 17.8 Å². The molecular weight excluding hydrogens is 324 g/mol. The van der Waals surface area contributed by atoms with Crippen molar-refractivity contribution in [3.05, 3.63) is 48.6 Å². The van der Waals surface area contributed by atoms with Gasteiger partial charge in [-0.1, -0.05) is 31.9 Å². The third-order valence-corrected chi connectivity index (χ3v) is 5.44. The van der Waals surface area contributed by atoms with Gasteiger partial charge in [-0.15, -0.1) is 0 Å². The van der Waals surface area contributed by atoms with E-state index in [1.165, 1.54) is 6.92 Å². The van der Waals surface area contributed by atoms with Crippen LogP contribution in [-0.2, 0) is 19.1 Å². The van der Waals surface area contributed by atoms with E-state index in [9.17, 15) is 19.8 Å². The van der Waals surface area contributed by atoms with Crippen LogP contribution in [0.5, 0.6) is 0 Å². The van der Waals surface area contributed by atoms with E-state index in [0.29, 0.717) is 11.1 Å². The van der Waals surface area contributed by atoms with Crippen LogP contribution in [0.25, 0.3) is 0 Å². The van der Waals surface area contributed by atoms with Crippen LogP contribution in [0.2, 0.25) is 0 Å². The molecule has 1 saturated heterocycles. The number of rotatable bonds is 2. The largest absolute Gasteiger partial charge is 0.458 e. The minimum Gasteiger partial charge on any atom is -0.458 e. The first kappa shape index (κ1) is 17.6. The number of hydrogen-bond acceptors (Lipinski definition) is 6. The molecule has 134 valence electrons. The van der Waals surface area contributed by atoms with Gasteiger partial charge in [-0.25, -0.2) is 9.59 Å². The van der Waals surface area contributed by atoms with Gasteiger partial charge in [0, 0.05) is 29.4 Å². The van der Waals surface area contributed by atoms with E-state index in [1.54, 1.807) is 0 Å². The Balaban J connectivity index is 2.03. The number of hydrogen-bond donors (Lipinski definition) is 2. The number of ether oxygens (including phenoxy) is 2. The highest BCUT2D eigenvalue weighted by Gasteiger charge is 2.59. The third-order valence-electron chi connectivity index (χ3n) is 5.44. The summed E-state index contributed by atoms with van der Waals surface area (Å²) < 4.78 is 11.0. The van der Waals surface area contributed by atoms with Crippen LogP contribution in [-0.4, -0.2) is 46.6 Å². The van der Waals surface area contributed by atoms with Crippen LogP contribution in [0.1, 0.15) is 13.3 Å². The van der Waals surface area contributed by atoms with Crippen LogP contribution >= 0.6 is 0 Å². The van der Waals surface area contributed by atoms with Crippen LogP contribution in [0.4, 0.5) is 0 Å². The summed E-state index contributed by atoms with van der Waals surface area (Å²) in [5.74, 6) is -2.75. The smallest absolute Gasteiger partial charge is 0.334 e. The summed E-state index contributed by atoms with van der Waals surface area (Å²) in [6, 6.07) is 0. The molecule has 0 spiro atoms. The first-order chi connectivity index (χ1) is 11.6. The number of fused-ring (bicyclic) bond motifs is 3. The summed E-state index contributed by atoms with van der Waals surface area (Å²) in [5.41, 5.74) is 1.46. The predicted molar refractivity (Wildman–Crippen MR) is 89.1 cm³/mol. The van der Waals surface area contributed by atoms with Crippen LogP contribution in [0.15, 0.2) is 48.6 Å². The van der Waals surface area contributed by atoms with Gasteiger partial charge in [0.2, 0.25) is 0 Å². The van der Waals surface area contributed by atoms with E-state index < -0.39 is 54.1 Å². The highest BCUT2D eigenvalue weighted by molar-refractivity contribution is 5.91. The Kier molecular flexibility index (Phi) is 4.21. The lowest BCUT2D eigenvalue weighted by atomic mass is 9.81. The SMILES string of the molecule is C=C(C)C(=O)OC1CC(=C)C2C(O)C(O)C(=C)C2C2OC(=O)C(=C)C12. The molecule has 1 heterocycles. The number of carbonyl (C=O) groups excluding carboxylic acids is 2. The Hall–Kier alpha value is -2.18. The number of aliphatic hydroxyl groups is 2. The van der Waals surface area contributed by atoms with Gasteiger partial charge < -0.3 is 19.7 Å². The molecule has 3 fully saturated rings. The molecular formula is C19H22O6. The molecule has 0 aromatic rings. The van der Waals surface area contributed by atoms with Gasteiger partial charge in [0.15, 0.2) is 0 Å². The molecule has 2 N–H and O–H groups in total. The minimum atomic E-state index is -1.12. The summed E-state index contributed by atoms with van der Waals surface area (Å²) in [6.45, 7) is 16.8. The molecule has 3 aliphatic rings. The zero-order valence-electron chi connectivity index (χ0n) is 14.1. The van der Waals surface area contributed by atoms with Crippen molar-refractivity contribution in [3.8, 4) is 0 Å². The molecule has 7 unspecified atom stereocenters. The fourth-order valence-electron chi connectivity index (χ4n) is 4.18. The van der Waals surface area contributed by atoms with Crippen molar-refractivity contribution < 1.29 is 29.3 Å². The molecule has 0 radical (unpaired) electrons. The second-order valence-corrected chi connectivity index (χ2v) is 7.07. The van der Waals surface area contributed by atoms with Crippen LogP contribution < -0.4 is 0 Å². The van der Waals surface area contributed by atoms with Gasteiger partial charge in [0.1, 0.15) is 18.3 Å². The molecule has 6 heteroatoms. The van der Waals surface area contributed by atoms with Gasteiger partial charge >= 0.3 is 11.9 Å². The first-order valence-corrected chi connectivity index (χ1v) is 8.14. The van der Waals surface area contributed by atoms with E-state index in [4.69, 9.17) is 9.47 Å². The quantitative estimate of drug-likeness (QED) is 0.441. The lowest BCUT2D eigenvalue weighted by Crippen LogP contribution is -2.36. The Labute approximate surface area is 146 Å². The van der Waals surface area contributed by atoms with Crippen molar-refractivity contribution in [2.45, 2.75) is 37.8 Å². The molecule has 0 aromatic carbocycles. The lowest BCUT2D eigenvalue weighted by Gasteiger charge is -2.28. The molecule has 6 nitrogen and oxygen atoms in total. The molecule has 3 rings (SSSR count). The molecule has 1 aliphatic heterocycles. The van der Waals surface area contributed by atoms with E-state index in [2.05, 4.69) is 26.3 Å². The lowest BCUT2D eigenvalue weighted by molar-refractivity contribution is -0.148. The van der Waals surface area contributed by atoms with E-state index in [0.717, 1.165) is 0 Å². The van der Waals surface area contributed by atoms with Crippen molar-refractivity contribution in [1.82, 2.24) is 0 Å². The van der Waals surface area contributed by atoms with Crippen molar-refractivity contribution in [2.24, 2.45) is 17.8 Å². The number of esters is 2. The number of carbonyl (C=O) groups is 2. The molecule has 25 heavy (non-hydrogen) atoms. The maximum absolute atomic E-state index is 12.1. The molecule has 0 amide bonds. The van der Waals surface area contributed by atoms with E-state index in [1.807, 2.05) is 0 Å². The standard InChI is InChI=1S/C19H22O6/c1-7(2)18(22)24-11-6-8(3)12-14(9(4)15(20)16(12)21)17-13(11)10(5)19(23)25-17/h11-17,20-21H,1,3-6H2,2H3. The molecule has 2 aliphatic carbocycles. The maximum Gasteiger partial charge on any atom is 0.334 e. The van der Waals surface area contributed by atoms with Gasteiger partial charge in [0.25, 0.3) is 0 Å². The van der Waals surface area contributed by atoms with Gasteiger partial charge in [-0.3, -0.25) is 0 Å². The van der Waals surface area contributed by atoms with Gasteiger partial charge in [0.05, 0.1) is 12.0 Å². The Bertz CT molecular complexity index is 705. The second-order valence-electron chi connectivity index (χ2n) is 7.07. The second kappa shape index (κ2) is 5.97. The van der Waals surface area contributed by atoms with Crippen molar-refractivity contribution in [1.29, 1.82) is 0 Å². The minimum absolute atomic E-state index is 0.210. The van der Waals surface area contributed by atoms with Gasteiger partial charge in [-0.2, -0.15) is 0 Å². The zero-order valence-corrected chi connectivity index (χ0v) is 14.1. The Morgan fingerprint density at radius 3 is 2.44 bits per heavy atom. The van der Waals surface area contributed by atoms with Crippen molar-refractivity contribution in [2.75, 3.05) is 0 Å². The highest BCUT2D eigenvalue weighted by atomic mass is 16.6. The average Bonchev–Trinajstić information content (AvgIpc) is 2.90. The van der Waals surface area contributed by atoms with Crippen molar-refractivity contribution in [3.63, 3.8) is 0 Å². The maximum atomic E-state index is 12.1. The van der Waals surface area contributed by atoms with Gasteiger partial charge in [-0.05, 0) is 12.5 Å². The fraction of sp³-hybridized carbons (Fsp3) is 0.474. The normalized spacial score (nSPS) is 40.2. The summed E-state index contributed by atoms with van der Waals surface area (Å²) in [6.07, 6.45) is -3.40. The monoisotopic (exact) mass is 346 g/mol. The summed E-state index contributed by atoms with van der Waals surface area (Å²) >= 11 is 0. The fourth-order valence-corrected chi connectivity index (χ4v) is 4.18.